The molecular weight excluding hydrogens is 458 g/mol. The second-order valence-corrected chi connectivity index (χ2v) is 8.18. The van der Waals surface area contributed by atoms with Gasteiger partial charge in [0.1, 0.15) is 17.2 Å². The van der Waals surface area contributed by atoms with Crippen LogP contribution in [0.15, 0.2) is 78.9 Å². The number of benzene rings is 3. The van der Waals surface area contributed by atoms with E-state index in [4.69, 9.17) is 14.2 Å². The van der Waals surface area contributed by atoms with Gasteiger partial charge in [-0.1, -0.05) is 35.9 Å². The average molecular weight is 486 g/mol. The summed E-state index contributed by atoms with van der Waals surface area (Å²) in [6, 6.07) is 24.2. The Morgan fingerprint density at radius 3 is 2.14 bits per heavy atom. The minimum atomic E-state index is -0.654. The van der Waals surface area contributed by atoms with E-state index in [0.717, 1.165) is 22.7 Å². The van der Waals surface area contributed by atoms with Crippen LogP contribution in [0.5, 0.6) is 17.2 Å². The molecule has 4 aromatic rings. The van der Waals surface area contributed by atoms with Crippen molar-refractivity contribution in [2.75, 3.05) is 18.5 Å². The van der Waals surface area contributed by atoms with Crippen LogP contribution in [0.4, 0.5) is 5.69 Å². The summed E-state index contributed by atoms with van der Waals surface area (Å²) >= 11 is 0. The molecule has 0 saturated heterocycles. The SMILES string of the molecule is Cc1ccc(-n2nc(C)c(NC(=O)COC(=O)COc3ccc(Oc4ccccc4)cc3)c2C)cc1. The maximum atomic E-state index is 12.4. The molecule has 0 aliphatic heterocycles. The van der Waals surface area contributed by atoms with Gasteiger partial charge in [-0.05, 0) is 69.3 Å². The third-order valence-corrected chi connectivity index (χ3v) is 5.36. The predicted octanol–water partition coefficient (Wildman–Crippen LogP) is 5.15. The van der Waals surface area contributed by atoms with E-state index in [-0.39, 0.29) is 6.61 Å². The minimum absolute atomic E-state index is 0.324. The summed E-state index contributed by atoms with van der Waals surface area (Å²) in [4.78, 5) is 24.5. The van der Waals surface area contributed by atoms with E-state index in [9.17, 15) is 9.59 Å². The highest BCUT2D eigenvalue weighted by Crippen LogP contribution is 2.24. The first-order chi connectivity index (χ1) is 17.4. The first-order valence-electron chi connectivity index (χ1n) is 11.4. The van der Waals surface area contributed by atoms with Crippen LogP contribution in [0.25, 0.3) is 5.69 Å². The summed E-state index contributed by atoms with van der Waals surface area (Å²) in [6.45, 7) is 4.94. The maximum absolute atomic E-state index is 12.4. The molecule has 0 atom stereocenters. The number of aryl methyl sites for hydroxylation is 2. The Morgan fingerprint density at radius 1 is 0.806 bits per heavy atom. The summed E-state index contributed by atoms with van der Waals surface area (Å²) in [7, 11) is 0. The number of amides is 1. The second kappa shape index (κ2) is 11.2. The van der Waals surface area contributed by atoms with Crippen molar-refractivity contribution >= 4 is 17.6 Å². The Kier molecular flexibility index (Phi) is 7.65. The molecule has 184 valence electrons. The smallest absolute Gasteiger partial charge is 0.344 e. The zero-order valence-corrected chi connectivity index (χ0v) is 20.4. The second-order valence-electron chi connectivity index (χ2n) is 8.18. The Hall–Kier alpha value is -4.59. The summed E-state index contributed by atoms with van der Waals surface area (Å²) in [5, 5.41) is 7.30. The van der Waals surface area contributed by atoms with Gasteiger partial charge in [-0.25, -0.2) is 9.48 Å². The first-order valence-corrected chi connectivity index (χ1v) is 11.4. The number of rotatable bonds is 9. The number of esters is 1. The summed E-state index contributed by atoms with van der Waals surface area (Å²) in [5.74, 6) is 0.732. The molecule has 3 aromatic carbocycles. The molecular formula is C28H27N3O5. The molecule has 0 aliphatic rings. The lowest BCUT2D eigenvalue weighted by molar-refractivity contribution is -0.149. The molecule has 36 heavy (non-hydrogen) atoms. The van der Waals surface area contributed by atoms with E-state index in [1.807, 2.05) is 75.4 Å². The standard InChI is InChI=1S/C28H27N3O5/c1-19-9-11-22(12-10-19)31-21(3)28(20(2)30-31)29-26(32)17-35-27(33)18-34-23-13-15-25(16-14-23)36-24-7-5-4-6-8-24/h4-16H,17-18H2,1-3H3,(H,29,32). The Labute approximate surface area is 209 Å². The fourth-order valence-electron chi connectivity index (χ4n) is 3.49. The Bertz CT molecular complexity index is 1330. The van der Waals surface area contributed by atoms with Crippen LogP contribution in [0, 0.1) is 20.8 Å². The summed E-state index contributed by atoms with van der Waals surface area (Å²) < 4.78 is 18.0. The van der Waals surface area contributed by atoms with Gasteiger partial charge >= 0.3 is 5.97 Å². The monoisotopic (exact) mass is 485 g/mol. The topological polar surface area (TPSA) is 91.7 Å². The fourth-order valence-corrected chi connectivity index (χ4v) is 3.49. The third kappa shape index (κ3) is 6.29. The van der Waals surface area contributed by atoms with E-state index in [0.29, 0.717) is 22.9 Å². The van der Waals surface area contributed by atoms with Crippen LogP contribution >= 0.6 is 0 Å². The van der Waals surface area contributed by atoms with Crippen molar-refractivity contribution < 1.29 is 23.8 Å². The van der Waals surface area contributed by atoms with E-state index < -0.39 is 18.5 Å². The quantitative estimate of drug-likeness (QED) is 0.330. The van der Waals surface area contributed by atoms with E-state index in [2.05, 4.69) is 10.4 Å². The number of anilines is 1. The number of nitrogens with zero attached hydrogens (tertiary/aromatic N) is 2. The fraction of sp³-hybridized carbons (Fsp3) is 0.179. The molecule has 0 saturated carbocycles. The molecule has 0 aliphatic carbocycles. The molecule has 1 amide bonds. The molecule has 0 unspecified atom stereocenters. The number of nitrogens with one attached hydrogen (secondary N) is 1. The highest BCUT2D eigenvalue weighted by Gasteiger charge is 2.16. The van der Waals surface area contributed by atoms with Crippen molar-refractivity contribution in [1.82, 2.24) is 9.78 Å². The van der Waals surface area contributed by atoms with Crippen LogP contribution in [-0.2, 0) is 14.3 Å². The van der Waals surface area contributed by atoms with Gasteiger partial charge in [0.15, 0.2) is 13.2 Å². The highest BCUT2D eigenvalue weighted by atomic mass is 16.6. The van der Waals surface area contributed by atoms with Crippen LogP contribution in [-0.4, -0.2) is 34.9 Å². The van der Waals surface area contributed by atoms with Gasteiger partial charge in [-0.15, -0.1) is 0 Å². The summed E-state index contributed by atoms with van der Waals surface area (Å²) in [5.41, 5.74) is 4.07. The van der Waals surface area contributed by atoms with Crippen LogP contribution in [0.1, 0.15) is 17.0 Å². The van der Waals surface area contributed by atoms with Crippen LogP contribution < -0.4 is 14.8 Å². The average Bonchev–Trinajstić information content (AvgIpc) is 3.16. The molecule has 8 heteroatoms. The van der Waals surface area contributed by atoms with Gasteiger partial charge in [0.2, 0.25) is 0 Å². The van der Waals surface area contributed by atoms with E-state index in [1.165, 1.54) is 0 Å². The van der Waals surface area contributed by atoms with Crippen LogP contribution in [0.2, 0.25) is 0 Å². The minimum Gasteiger partial charge on any atom is -0.482 e. The number of aromatic nitrogens is 2. The van der Waals surface area contributed by atoms with Gasteiger partial charge in [-0.2, -0.15) is 5.10 Å². The van der Waals surface area contributed by atoms with Gasteiger partial charge < -0.3 is 19.5 Å². The number of carbonyl (C=O) groups is 2. The zero-order chi connectivity index (χ0) is 25.5. The molecule has 1 heterocycles. The van der Waals surface area contributed by atoms with Crippen molar-refractivity contribution in [3.63, 3.8) is 0 Å². The number of carbonyl (C=O) groups excluding carboxylic acids is 2. The predicted molar refractivity (Wildman–Crippen MR) is 136 cm³/mol. The molecule has 1 aromatic heterocycles. The zero-order valence-electron chi connectivity index (χ0n) is 20.4. The largest absolute Gasteiger partial charge is 0.482 e. The van der Waals surface area contributed by atoms with Crippen molar-refractivity contribution in [3.8, 4) is 22.9 Å². The molecule has 1 N–H and O–H groups in total. The maximum Gasteiger partial charge on any atom is 0.344 e. The number of hydrogen-bond acceptors (Lipinski definition) is 6. The van der Waals surface area contributed by atoms with Gasteiger partial charge in [-0.3, -0.25) is 4.79 Å². The van der Waals surface area contributed by atoms with Crippen LogP contribution in [0.3, 0.4) is 0 Å². The number of para-hydroxylation sites is 1. The Morgan fingerprint density at radius 2 is 1.44 bits per heavy atom. The lowest BCUT2D eigenvalue weighted by Crippen LogP contribution is -2.24. The van der Waals surface area contributed by atoms with Crippen molar-refractivity contribution in [2.45, 2.75) is 20.8 Å². The molecule has 0 spiro atoms. The molecule has 4 rings (SSSR count). The Balaban J connectivity index is 1.24. The number of ether oxygens (including phenoxy) is 3. The van der Waals surface area contributed by atoms with Crippen molar-refractivity contribution in [2.24, 2.45) is 0 Å². The lowest BCUT2D eigenvalue weighted by atomic mass is 10.2. The van der Waals surface area contributed by atoms with Crippen molar-refractivity contribution in [1.29, 1.82) is 0 Å². The summed E-state index contributed by atoms with van der Waals surface area (Å²) in [6.07, 6.45) is 0. The molecule has 8 nitrogen and oxygen atoms in total. The van der Waals surface area contributed by atoms with E-state index >= 15 is 0 Å². The van der Waals surface area contributed by atoms with Gasteiger partial charge in [0.05, 0.1) is 22.8 Å². The van der Waals surface area contributed by atoms with Gasteiger partial charge in [0, 0.05) is 0 Å². The van der Waals surface area contributed by atoms with Crippen molar-refractivity contribution in [3.05, 3.63) is 95.8 Å². The third-order valence-electron chi connectivity index (χ3n) is 5.36. The lowest BCUT2D eigenvalue weighted by Gasteiger charge is -2.09. The first kappa shape index (κ1) is 24.5. The molecule has 0 fully saturated rings. The van der Waals surface area contributed by atoms with E-state index in [1.54, 1.807) is 28.9 Å². The van der Waals surface area contributed by atoms with Gasteiger partial charge in [0.25, 0.3) is 5.91 Å². The highest BCUT2D eigenvalue weighted by molar-refractivity contribution is 5.94. The number of hydrogen-bond donors (Lipinski definition) is 1. The normalized spacial score (nSPS) is 10.5. The molecule has 0 radical (unpaired) electrons. The molecule has 0 bridgehead atoms.